The molecule has 0 unspecified atom stereocenters. The van der Waals surface area contributed by atoms with E-state index in [4.69, 9.17) is 4.74 Å². The predicted octanol–water partition coefficient (Wildman–Crippen LogP) is 2.87. The van der Waals surface area contributed by atoms with E-state index >= 15 is 0 Å². The molecule has 26 heavy (non-hydrogen) atoms. The van der Waals surface area contributed by atoms with Crippen LogP contribution >= 0.6 is 0 Å². The van der Waals surface area contributed by atoms with E-state index in [1.807, 2.05) is 0 Å². The molecule has 6 nitrogen and oxygen atoms in total. The van der Waals surface area contributed by atoms with Gasteiger partial charge in [-0.05, 0) is 44.4 Å². The zero-order valence-electron chi connectivity index (χ0n) is 15.3. The molecular weight excluding hydrogens is 357 g/mol. The van der Waals surface area contributed by atoms with Crippen molar-refractivity contribution in [1.29, 1.82) is 0 Å². The Morgan fingerprint density at radius 2 is 1.88 bits per heavy atom. The number of piperidine rings is 1. The van der Waals surface area contributed by atoms with Crippen LogP contribution in [0, 0.1) is 19.7 Å². The van der Waals surface area contributed by atoms with Crippen LogP contribution < -0.4 is 4.74 Å². The third-order valence-electron chi connectivity index (χ3n) is 4.78. The average molecular weight is 381 g/mol. The van der Waals surface area contributed by atoms with Crippen molar-refractivity contribution in [1.82, 2.24) is 14.1 Å². The van der Waals surface area contributed by atoms with Gasteiger partial charge in [-0.3, -0.25) is 4.68 Å². The highest BCUT2D eigenvalue weighted by Crippen LogP contribution is 2.27. The Hall–Kier alpha value is -1.93. The number of hydrogen-bond donors (Lipinski definition) is 0. The predicted molar refractivity (Wildman–Crippen MR) is 96.4 cm³/mol. The molecule has 0 bridgehead atoms. The molecule has 1 aliphatic rings. The van der Waals surface area contributed by atoms with Crippen LogP contribution in [-0.2, 0) is 16.6 Å². The highest BCUT2D eigenvalue weighted by molar-refractivity contribution is 7.89. The Bertz CT molecular complexity index is 903. The SMILES string of the molecule is COc1ccc(Cn2nc(C)c(S(=O)(=O)N3CCCCC3)c2C)cc1F. The van der Waals surface area contributed by atoms with Crippen LogP contribution in [0.5, 0.6) is 5.75 Å². The first kappa shape index (κ1) is 18.8. The fraction of sp³-hybridized carbons (Fsp3) is 0.500. The maximum Gasteiger partial charge on any atom is 0.246 e. The number of aromatic nitrogens is 2. The summed E-state index contributed by atoms with van der Waals surface area (Å²) in [7, 11) is -2.14. The van der Waals surface area contributed by atoms with Gasteiger partial charge in [-0.15, -0.1) is 0 Å². The summed E-state index contributed by atoms with van der Waals surface area (Å²) >= 11 is 0. The molecule has 0 radical (unpaired) electrons. The summed E-state index contributed by atoms with van der Waals surface area (Å²) in [6.07, 6.45) is 2.83. The first-order valence-electron chi connectivity index (χ1n) is 8.71. The molecule has 3 rings (SSSR count). The Labute approximate surface area is 153 Å². The molecule has 1 aliphatic heterocycles. The topological polar surface area (TPSA) is 64.4 Å². The summed E-state index contributed by atoms with van der Waals surface area (Å²) in [5.74, 6) is -0.275. The van der Waals surface area contributed by atoms with Crippen molar-refractivity contribution in [2.45, 2.75) is 44.6 Å². The molecule has 0 N–H and O–H groups in total. The van der Waals surface area contributed by atoms with Crippen molar-refractivity contribution < 1.29 is 17.5 Å². The van der Waals surface area contributed by atoms with Crippen LogP contribution in [0.3, 0.4) is 0 Å². The monoisotopic (exact) mass is 381 g/mol. The second-order valence-corrected chi connectivity index (χ2v) is 8.47. The molecule has 8 heteroatoms. The number of nitrogens with zero attached hydrogens (tertiary/aromatic N) is 3. The van der Waals surface area contributed by atoms with E-state index in [0.717, 1.165) is 19.3 Å². The van der Waals surface area contributed by atoms with Crippen molar-refractivity contribution in [3.05, 3.63) is 41.0 Å². The number of ether oxygens (including phenoxy) is 1. The Balaban J connectivity index is 1.92. The summed E-state index contributed by atoms with van der Waals surface area (Å²) in [6, 6.07) is 4.69. The number of methoxy groups -OCH3 is 1. The smallest absolute Gasteiger partial charge is 0.246 e. The molecule has 0 spiro atoms. The zero-order chi connectivity index (χ0) is 18.9. The van der Waals surface area contributed by atoms with Gasteiger partial charge in [0.25, 0.3) is 0 Å². The van der Waals surface area contributed by atoms with Crippen LogP contribution in [0.1, 0.15) is 36.2 Å². The zero-order valence-corrected chi connectivity index (χ0v) is 16.1. The number of rotatable bonds is 5. The lowest BCUT2D eigenvalue weighted by atomic mass is 10.2. The largest absolute Gasteiger partial charge is 0.494 e. The lowest BCUT2D eigenvalue weighted by Gasteiger charge is -2.26. The maximum atomic E-state index is 13.9. The number of aryl methyl sites for hydroxylation is 1. The summed E-state index contributed by atoms with van der Waals surface area (Å²) in [6.45, 7) is 4.85. The Morgan fingerprint density at radius 3 is 2.50 bits per heavy atom. The average Bonchev–Trinajstić information content (AvgIpc) is 2.90. The van der Waals surface area contributed by atoms with E-state index < -0.39 is 15.8 Å². The van der Waals surface area contributed by atoms with Crippen molar-refractivity contribution in [2.75, 3.05) is 20.2 Å². The molecule has 1 saturated heterocycles. The fourth-order valence-corrected chi connectivity index (χ4v) is 5.31. The summed E-state index contributed by atoms with van der Waals surface area (Å²) in [5, 5.41) is 4.40. The Morgan fingerprint density at radius 1 is 1.19 bits per heavy atom. The molecular formula is C18H24FN3O3S. The van der Waals surface area contributed by atoms with Crippen LogP contribution in [-0.4, -0.2) is 42.7 Å². The van der Waals surface area contributed by atoms with Crippen LogP contribution in [0.25, 0.3) is 0 Å². The normalized spacial score (nSPS) is 16.0. The molecule has 1 aromatic heterocycles. The van der Waals surface area contributed by atoms with Gasteiger partial charge >= 0.3 is 0 Å². The van der Waals surface area contributed by atoms with Gasteiger partial charge in [0.05, 0.1) is 25.0 Å². The summed E-state index contributed by atoms with van der Waals surface area (Å²) < 4.78 is 48.1. The van der Waals surface area contributed by atoms with Gasteiger partial charge in [0.15, 0.2) is 11.6 Å². The second-order valence-electron chi connectivity index (χ2n) is 6.59. The van der Waals surface area contributed by atoms with E-state index in [-0.39, 0.29) is 10.6 Å². The van der Waals surface area contributed by atoms with E-state index in [0.29, 0.717) is 36.6 Å². The molecule has 1 aromatic carbocycles. The Kier molecular flexibility index (Phi) is 5.34. The standard InChI is InChI=1S/C18H24FN3O3S/c1-13-18(26(23,24)21-9-5-4-6-10-21)14(2)22(20-13)12-15-7-8-17(25-3)16(19)11-15/h7-8,11H,4-6,9-10,12H2,1-3H3. The molecule has 142 valence electrons. The quantitative estimate of drug-likeness (QED) is 0.799. The molecule has 0 aliphatic carbocycles. The highest BCUT2D eigenvalue weighted by Gasteiger charge is 2.31. The fourth-order valence-electron chi connectivity index (χ4n) is 3.42. The van der Waals surface area contributed by atoms with Crippen LogP contribution in [0.15, 0.2) is 23.1 Å². The maximum absolute atomic E-state index is 13.9. The van der Waals surface area contributed by atoms with Gasteiger partial charge in [0.2, 0.25) is 10.0 Å². The van der Waals surface area contributed by atoms with Gasteiger partial charge in [-0.1, -0.05) is 12.5 Å². The highest BCUT2D eigenvalue weighted by atomic mass is 32.2. The van der Waals surface area contributed by atoms with Crippen molar-refractivity contribution in [2.24, 2.45) is 0 Å². The van der Waals surface area contributed by atoms with Gasteiger partial charge in [0, 0.05) is 13.1 Å². The molecule has 2 aromatic rings. The van der Waals surface area contributed by atoms with E-state index in [9.17, 15) is 12.8 Å². The van der Waals surface area contributed by atoms with Crippen molar-refractivity contribution >= 4 is 10.0 Å². The molecule has 0 atom stereocenters. The molecule has 0 amide bonds. The van der Waals surface area contributed by atoms with Crippen molar-refractivity contribution in [3.8, 4) is 5.75 Å². The summed E-state index contributed by atoms with van der Waals surface area (Å²) in [5.41, 5.74) is 1.74. The van der Waals surface area contributed by atoms with Gasteiger partial charge in [0.1, 0.15) is 4.90 Å². The number of hydrogen-bond acceptors (Lipinski definition) is 4. The van der Waals surface area contributed by atoms with E-state index in [1.54, 1.807) is 35.0 Å². The summed E-state index contributed by atoms with van der Waals surface area (Å²) in [4.78, 5) is 0.272. The van der Waals surface area contributed by atoms with E-state index in [2.05, 4.69) is 5.10 Å². The van der Waals surface area contributed by atoms with Gasteiger partial charge < -0.3 is 4.74 Å². The van der Waals surface area contributed by atoms with E-state index in [1.165, 1.54) is 13.2 Å². The first-order chi connectivity index (χ1) is 12.3. The minimum Gasteiger partial charge on any atom is -0.494 e. The molecule has 0 saturated carbocycles. The lowest BCUT2D eigenvalue weighted by molar-refractivity contribution is 0.346. The number of benzene rings is 1. The minimum atomic E-state index is -3.56. The molecule has 2 heterocycles. The lowest BCUT2D eigenvalue weighted by Crippen LogP contribution is -2.36. The van der Waals surface area contributed by atoms with Crippen LogP contribution in [0.2, 0.25) is 0 Å². The number of sulfonamides is 1. The van der Waals surface area contributed by atoms with Crippen LogP contribution in [0.4, 0.5) is 4.39 Å². The first-order valence-corrected chi connectivity index (χ1v) is 10.1. The number of halogens is 1. The third-order valence-corrected chi connectivity index (χ3v) is 6.93. The van der Waals surface area contributed by atoms with Crippen molar-refractivity contribution in [3.63, 3.8) is 0 Å². The van der Waals surface area contributed by atoms with Gasteiger partial charge in [-0.2, -0.15) is 9.40 Å². The minimum absolute atomic E-state index is 0.176. The third kappa shape index (κ3) is 3.48. The second kappa shape index (κ2) is 7.36. The molecule has 1 fully saturated rings. The van der Waals surface area contributed by atoms with Gasteiger partial charge in [-0.25, -0.2) is 12.8 Å².